The molecule has 85 heavy (non-hydrogen) atoms. The highest BCUT2D eigenvalue weighted by Crippen LogP contribution is 2.54. The number of likely N-dealkylation sites (N-methyl/N-ethyl adjacent to an activating group) is 1. The number of benzene rings is 7. The first-order chi connectivity index (χ1) is 40.6. The molecule has 7 aromatic carbocycles. The lowest BCUT2D eigenvalue weighted by atomic mass is 9.84. The van der Waals surface area contributed by atoms with Gasteiger partial charge in [-0.15, -0.1) is 11.8 Å². The maximum atomic E-state index is 15.1. The van der Waals surface area contributed by atoms with Crippen LogP contribution >= 0.6 is 11.8 Å². The Kier molecular flexibility index (Phi) is 22.7. The topological polar surface area (TPSA) is 148 Å². The van der Waals surface area contributed by atoms with Crippen LogP contribution in [0.3, 0.4) is 0 Å². The third-order valence-electron chi connectivity index (χ3n) is 16.3. The van der Waals surface area contributed by atoms with Gasteiger partial charge in [-0.2, -0.15) is 0 Å². The van der Waals surface area contributed by atoms with Crippen LogP contribution in [0.4, 0.5) is 4.79 Å². The van der Waals surface area contributed by atoms with Crippen molar-refractivity contribution in [2.45, 2.75) is 127 Å². The van der Waals surface area contributed by atoms with E-state index in [1.165, 1.54) is 23.7 Å². The highest BCUT2D eigenvalue weighted by atomic mass is 32.2. The third-order valence-corrected chi connectivity index (χ3v) is 24.3. The molecule has 0 aliphatic rings. The van der Waals surface area contributed by atoms with Crippen molar-refractivity contribution < 1.29 is 37.9 Å². The molecule has 0 aromatic heterocycles. The van der Waals surface area contributed by atoms with Gasteiger partial charge in [0.05, 0.1) is 22.7 Å². The van der Waals surface area contributed by atoms with Crippen LogP contribution in [-0.4, -0.2) is 79.6 Å². The quantitative estimate of drug-likeness (QED) is 0.0379. The average molecular weight is 1180 g/mol. The number of amides is 3. The lowest BCUT2D eigenvalue weighted by Gasteiger charge is -2.50. The fraction of sp³-hybridized carbons (Fsp3) is 0.333. The zero-order chi connectivity index (χ0) is 61.2. The normalized spacial score (nSPS) is 13.7. The van der Waals surface area contributed by atoms with Crippen molar-refractivity contribution in [2.75, 3.05) is 12.8 Å². The van der Waals surface area contributed by atoms with Gasteiger partial charge in [0.2, 0.25) is 11.8 Å². The lowest BCUT2D eigenvalue weighted by molar-refractivity contribution is -0.142. The van der Waals surface area contributed by atoms with Gasteiger partial charge in [0.1, 0.15) is 12.6 Å². The van der Waals surface area contributed by atoms with E-state index in [-0.39, 0.29) is 43.8 Å². The largest absolute Gasteiger partial charge is 0.516 e. The summed E-state index contributed by atoms with van der Waals surface area (Å²) >= 11 is 1.51. The Bertz CT molecular complexity index is 3160. The number of nitrogens with zero attached hydrogens (tertiary/aromatic N) is 1. The predicted molar refractivity (Wildman–Crippen MR) is 343 cm³/mol. The molecule has 0 saturated carbocycles. The highest BCUT2D eigenvalue weighted by molar-refractivity contribution is 8.00. The highest BCUT2D eigenvalue weighted by Gasteiger charge is 2.58. The predicted octanol–water partition coefficient (Wildman–Crippen LogP) is 13.9. The van der Waals surface area contributed by atoms with E-state index in [0.29, 0.717) is 6.04 Å². The van der Waals surface area contributed by atoms with Crippen LogP contribution in [0, 0.1) is 11.8 Å². The van der Waals surface area contributed by atoms with Crippen LogP contribution in [0.25, 0.3) is 0 Å². The maximum absolute atomic E-state index is 15.1. The van der Waals surface area contributed by atoms with Crippen LogP contribution in [0.15, 0.2) is 212 Å². The fourth-order valence-electron chi connectivity index (χ4n) is 11.3. The van der Waals surface area contributed by atoms with Crippen molar-refractivity contribution in [3.63, 3.8) is 0 Å². The van der Waals surface area contributed by atoms with E-state index in [2.05, 4.69) is 101 Å². The summed E-state index contributed by atoms with van der Waals surface area (Å²) in [6.45, 7) is 16.0. The van der Waals surface area contributed by atoms with Crippen molar-refractivity contribution in [2.24, 2.45) is 11.8 Å². The maximum Gasteiger partial charge on any atom is 0.410 e. The first-order valence-corrected chi connectivity index (χ1v) is 32.5. The van der Waals surface area contributed by atoms with Gasteiger partial charge in [-0.3, -0.25) is 24.0 Å². The Morgan fingerprint density at radius 1 is 0.494 bits per heavy atom. The van der Waals surface area contributed by atoms with E-state index in [4.69, 9.17) is 9.16 Å². The minimum absolute atomic E-state index is 0.0137. The molecular weight excluding hydrogens is 1090 g/mol. The monoisotopic (exact) mass is 1180 g/mol. The van der Waals surface area contributed by atoms with Crippen LogP contribution in [-0.2, 0) is 63.4 Å². The van der Waals surface area contributed by atoms with Gasteiger partial charge in [-0.05, 0) is 69.3 Å². The number of rotatable bonds is 27. The molecule has 0 heterocycles. The number of hydrogen-bond acceptors (Lipinski definition) is 9. The van der Waals surface area contributed by atoms with Crippen molar-refractivity contribution in [3.8, 4) is 0 Å². The van der Waals surface area contributed by atoms with Crippen LogP contribution < -0.4 is 10.6 Å². The minimum Gasteiger partial charge on any atom is -0.516 e. The molecule has 7 rings (SSSR count). The van der Waals surface area contributed by atoms with Gasteiger partial charge >= 0.3 is 12.1 Å². The van der Waals surface area contributed by atoms with E-state index in [1.54, 1.807) is 13.8 Å². The summed E-state index contributed by atoms with van der Waals surface area (Å²) in [7, 11) is -1.64. The van der Waals surface area contributed by atoms with E-state index >= 15 is 14.4 Å². The molecule has 0 aliphatic carbocycles. The molecule has 0 radical (unpaired) electrons. The average Bonchev–Trinajstić information content (AvgIpc) is 1.38. The number of hydrogen-bond donors (Lipinski definition) is 2. The van der Waals surface area contributed by atoms with E-state index < -0.39 is 82.8 Å². The molecule has 2 N–H and O–H groups in total. The number of ether oxygens (including phenoxy) is 1. The summed E-state index contributed by atoms with van der Waals surface area (Å²) in [6, 6.07) is 65.7. The molecule has 5 atom stereocenters. The van der Waals surface area contributed by atoms with E-state index in [0.717, 1.165) is 38.9 Å². The number of ketones is 2. The molecule has 0 bridgehead atoms. The van der Waals surface area contributed by atoms with Crippen LogP contribution in [0.5, 0.6) is 0 Å². The molecule has 0 unspecified atom stereocenters. The molecule has 13 heteroatoms. The van der Waals surface area contributed by atoms with Gasteiger partial charge < -0.3 is 24.7 Å². The standard InChI is InChI=1S/C72H83N3O8SSi/c1-52(64(76)47-58(45-54-31-17-10-18-32-54)66(78)74-63(46-55-33-19-11-20-34-55)68(80)83-85(70(3,4)5,71(6,7)8)51-57-37-23-13-24-38-57)73-67(79)59(48-65(77)53(2)75(9)69(81)82-49-56-35-21-12-22-36-56)50-84-72(60-39-25-14-26-40-60,61-41-27-15-28-42-61)62-43-29-16-30-44-62/h10-44,52-53,58-59,63H,45-51H2,1-9H3,(H,73,79)(H,74,78)/t52-,53-,58+,59-,63-/m0/s1. The third kappa shape index (κ3) is 16.9. The van der Waals surface area contributed by atoms with Gasteiger partial charge in [-0.25, -0.2) is 4.79 Å². The molecule has 0 spiro atoms. The fourth-order valence-corrected chi connectivity index (χ4v) is 18.2. The summed E-state index contributed by atoms with van der Waals surface area (Å²) in [5.41, 5.74) is 6.36. The summed E-state index contributed by atoms with van der Waals surface area (Å²) < 4.78 is 11.8. The van der Waals surface area contributed by atoms with Crippen molar-refractivity contribution in [1.82, 2.24) is 15.5 Å². The summed E-state index contributed by atoms with van der Waals surface area (Å²) in [5.74, 6) is -4.23. The second-order valence-corrected chi connectivity index (χ2v) is 30.7. The Balaban J connectivity index is 1.18. The number of nitrogens with one attached hydrogen (secondary N) is 2. The van der Waals surface area contributed by atoms with Crippen LogP contribution in [0.2, 0.25) is 10.1 Å². The Morgan fingerprint density at radius 3 is 1.33 bits per heavy atom. The summed E-state index contributed by atoms with van der Waals surface area (Å²) in [6.07, 6.45) is -0.938. The zero-order valence-corrected chi connectivity index (χ0v) is 52.5. The molecule has 3 amide bonds. The first kappa shape index (κ1) is 64.7. The van der Waals surface area contributed by atoms with Crippen molar-refractivity contribution in [3.05, 3.63) is 251 Å². The van der Waals surface area contributed by atoms with E-state index in [9.17, 15) is 14.4 Å². The molecule has 11 nitrogen and oxygen atoms in total. The van der Waals surface area contributed by atoms with Gasteiger partial charge in [0.25, 0.3) is 8.32 Å². The lowest BCUT2D eigenvalue weighted by Crippen LogP contribution is -2.60. The van der Waals surface area contributed by atoms with Crippen molar-refractivity contribution in [1.29, 1.82) is 0 Å². The number of carbonyl (C=O) groups excluding carboxylic acids is 6. The molecular formula is C72H83N3O8SSi. The second-order valence-electron chi connectivity index (χ2n) is 24.2. The minimum atomic E-state index is -3.14. The second kappa shape index (κ2) is 29.8. The van der Waals surface area contributed by atoms with E-state index in [1.807, 2.05) is 164 Å². The Labute approximate surface area is 508 Å². The molecule has 0 fully saturated rings. The van der Waals surface area contributed by atoms with Crippen molar-refractivity contribution >= 4 is 55.5 Å². The molecule has 0 aliphatic heterocycles. The smallest absolute Gasteiger partial charge is 0.410 e. The first-order valence-electron chi connectivity index (χ1n) is 29.4. The van der Waals surface area contributed by atoms with Crippen LogP contribution in [0.1, 0.15) is 107 Å². The number of thioether (sulfide) groups is 1. The summed E-state index contributed by atoms with van der Waals surface area (Å²) in [5, 5.41) is 5.24. The number of Topliss-reactive ketones (excluding diaryl/α,β-unsaturated/α-hetero) is 2. The number of carbonyl (C=O) groups is 6. The zero-order valence-electron chi connectivity index (χ0n) is 50.7. The SMILES string of the molecule is C[C@H](NC(=O)[C@H](CSC(c1ccccc1)(c1ccccc1)c1ccccc1)CC(=O)[C@H](C)N(C)C(=O)OCc1ccccc1)C(=O)C[C@@H](Cc1ccccc1)C(=O)N[C@@H](Cc1ccccc1)C(=O)O[Si](Cc1ccccc1)(C(C)(C)C)C(C)(C)C. The molecule has 444 valence electrons. The Hall–Kier alpha value is -7.87. The Morgan fingerprint density at radius 2 is 0.882 bits per heavy atom. The van der Waals surface area contributed by atoms with Gasteiger partial charge in [0, 0.05) is 44.0 Å². The van der Waals surface area contributed by atoms with Gasteiger partial charge in [0.15, 0.2) is 11.6 Å². The molecule has 0 saturated heterocycles. The molecule has 7 aromatic rings. The van der Waals surface area contributed by atoms with Gasteiger partial charge in [-0.1, -0.05) is 254 Å². The summed E-state index contributed by atoms with van der Waals surface area (Å²) in [4.78, 5) is 89.4.